The van der Waals surface area contributed by atoms with Crippen LogP contribution in [0.1, 0.15) is 26.3 Å². The zero-order chi connectivity index (χ0) is 27.8. The van der Waals surface area contributed by atoms with Crippen molar-refractivity contribution in [1.29, 1.82) is 0 Å². The number of piperazine rings is 1. The number of benzene rings is 2. The van der Waals surface area contributed by atoms with Gasteiger partial charge in [0.05, 0.1) is 6.61 Å². The second-order valence-corrected chi connectivity index (χ2v) is 10.0. The number of allylic oxidation sites excluding steroid dienone is 1. The molecule has 0 radical (unpaired) electrons. The van der Waals surface area contributed by atoms with E-state index in [0.29, 0.717) is 31.0 Å². The van der Waals surface area contributed by atoms with Crippen LogP contribution in [0.2, 0.25) is 0 Å². The lowest BCUT2D eigenvalue weighted by atomic mass is 9.99. The second-order valence-electron chi connectivity index (χ2n) is 10.0. The summed E-state index contributed by atoms with van der Waals surface area (Å²) in [5, 5.41) is 11.0. The highest BCUT2D eigenvalue weighted by atomic mass is 16.5. The van der Waals surface area contributed by atoms with Gasteiger partial charge in [0.25, 0.3) is 5.91 Å². The topological polar surface area (TPSA) is 97.1 Å². The van der Waals surface area contributed by atoms with E-state index in [0.717, 1.165) is 47.4 Å². The normalized spacial score (nSPS) is 16.5. The molecule has 1 saturated heterocycles. The van der Waals surface area contributed by atoms with Gasteiger partial charge in [-0.25, -0.2) is 4.98 Å². The van der Waals surface area contributed by atoms with Crippen LogP contribution in [0, 0.1) is 0 Å². The predicted octanol–water partition coefficient (Wildman–Crippen LogP) is 3.97. The second kappa shape index (κ2) is 10.6. The molecule has 4 aromatic rings. The number of ether oxygens (including phenoxy) is 2. The lowest BCUT2D eigenvalue weighted by Gasteiger charge is -2.34. The Bertz CT molecular complexity index is 1630. The summed E-state index contributed by atoms with van der Waals surface area (Å²) >= 11 is 0. The van der Waals surface area contributed by atoms with Gasteiger partial charge in [0.1, 0.15) is 22.7 Å². The highest BCUT2D eigenvalue weighted by Crippen LogP contribution is 2.39. The average molecular weight is 539 g/mol. The van der Waals surface area contributed by atoms with Gasteiger partial charge in [-0.3, -0.25) is 14.5 Å². The molecule has 2 aromatic carbocycles. The summed E-state index contributed by atoms with van der Waals surface area (Å²) in [6.07, 6.45) is 5.35. The van der Waals surface area contributed by atoms with Gasteiger partial charge in [-0.05, 0) is 47.5 Å². The molecule has 9 nitrogen and oxygen atoms in total. The van der Waals surface area contributed by atoms with Crippen LogP contribution in [-0.4, -0.2) is 82.6 Å². The van der Waals surface area contributed by atoms with Gasteiger partial charge in [-0.1, -0.05) is 18.2 Å². The number of pyridine rings is 1. The van der Waals surface area contributed by atoms with E-state index in [2.05, 4.69) is 9.88 Å². The molecule has 0 spiro atoms. The third kappa shape index (κ3) is 4.63. The van der Waals surface area contributed by atoms with Crippen LogP contribution in [-0.2, 0) is 11.8 Å². The zero-order valence-electron chi connectivity index (χ0n) is 22.5. The minimum absolute atomic E-state index is 0.0302. The fourth-order valence-electron chi connectivity index (χ4n) is 5.41. The molecule has 4 heterocycles. The molecule has 204 valence electrons. The maximum Gasteiger partial charge on any atom is 0.253 e. The molecular weight excluding hydrogens is 508 g/mol. The van der Waals surface area contributed by atoms with Crippen molar-refractivity contribution in [3.63, 3.8) is 0 Å². The first-order chi connectivity index (χ1) is 19.4. The summed E-state index contributed by atoms with van der Waals surface area (Å²) in [6.45, 7) is 4.64. The van der Waals surface area contributed by atoms with Crippen molar-refractivity contribution >= 4 is 28.8 Å². The first kappa shape index (κ1) is 25.8. The number of hydrogen-bond donors (Lipinski definition) is 1. The van der Waals surface area contributed by atoms with E-state index in [1.54, 1.807) is 31.5 Å². The third-order valence-corrected chi connectivity index (χ3v) is 7.56. The number of carbonyl (C=O) groups excluding carboxylic acids is 2. The molecule has 2 aromatic heterocycles. The lowest BCUT2D eigenvalue weighted by molar-refractivity contribution is 0.0594. The summed E-state index contributed by atoms with van der Waals surface area (Å²) in [4.78, 5) is 34.9. The number of Topliss-reactive ketones (excluding diaryl/α,β-unsaturated/α-hetero) is 1. The number of phenols is 1. The maximum atomic E-state index is 13.2. The minimum Gasteiger partial charge on any atom is -0.507 e. The number of carbonyl (C=O) groups is 2. The highest BCUT2D eigenvalue weighted by Gasteiger charge is 2.31. The van der Waals surface area contributed by atoms with Gasteiger partial charge in [-0.2, -0.15) is 0 Å². The van der Waals surface area contributed by atoms with Crippen molar-refractivity contribution in [3.8, 4) is 22.6 Å². The fraction of sp³-hybridized carbons (Fsp3) is 0.258. The summed E-state index contributed by atoms with van der Waals surface area (Å²) in [5.74, 6) is 0.0444. The van der Waals surface area contributed by atoms with Crippen molar-refractivity contribution in [2.24, 2.45) is 7.05 Å². The number of phenolic OH excluding ortho intramolecular Hbond substituents is 1. The maximum absolute atomic E-state index is 13.2. The number of rotatable bonds is 6. The van der Waals surface area contributed by atoms with E-state index in [1.807, 2.05) is 53.0 Å². The number of fused-ring (bicyclic) bond motifs is 2. The summed E-state index contributed by atoms with van der Waals surface area (Å²) in [6, 6.07) is 14.3. The predicted molar refractivity (Wildman–Crippen MR) is 151 cm³/mol. The van der Waals surface area contributed by atoms with Crippen LogP contribution in [0.15, 0.2) is 66.7 Å². The van der Waals surface area contributed by atoms with Gasteiger partial charge >= 0.3 is 0 Å². The first-order valence-electron chi connectivity index (χ1n) is 13.3. The van der Waals surface area contributed by atoms with Crippen molar-refractivity contribution in [2.75, 3.05) is 46.4 Å². The molecular formula is C31H30N4O5. The van der Waals surface area contributed by atoms with Crippen molar-refractivity contribution in [2.45, 2.75) is 0 Å². The van der Waals surface area contributed by atoms with E-state index in [4.69, 9.17) is 9.47 Å². The van der Waals surface area contributed by atoms with Crippen LogP contribution in [0.5, 0.6) is 11.5 Å². The van der Waals surface area contributed by atoms with E-state index in [-0.39, 0.29) is 28.8 Å². The number of ketones is 1. The molecule has 0 bridgehead atoms. The molecule has 0 unspecified atom stereocenters. The summed E-state index contributed by atoms with van der Waals surface area (Å²) in [7, 11) is 3.60. The molecule has 1 fully saturated rings. The number of methoxy groups -OCH3 is 1. The number of aromatic hydroxyl groups is 1. The molecule has 6 rings (SSSR count). The Morgan fingerprint density at radius 2 is 1.88 bits per heavy atom. The number of amides is 1. The van der Waals surface area contributed by atoms with E-state index < -0.39 is 0 Å². The monoisotopic (exact) mass is 538 g/mol. The fourth-order valence-corrected chi connectivity index (χ4v) is 5.41. The molecule has 0 saturated carbocycles. The van der Waals surface area contributed by atoms with Crippen LogP contribution < -0.4 is 4.74 Å². The Labute approximate surface area is 231 Å². The van der Waals surface area contributed by atoms with E-state index in [9.17, 15) is 14.7 Å². The van der Waals surface area contributed by atoms with Crippen molar-refractivity contribution in [1.82, 2.24) is 19.4 Å². The van der Waals surface area contributed by atoms with Gasteiger partial charge in [0.2, 0.25) is 5.78 Å². The molecule has 2 aliphatic rings. The van der Waals surface area contributed by atoms with E-state index in [1.165, 1.54) is 6.07 Å². The van der Waals surface area contributed by atoms with Crippen LogP contribution >= 0.6 is 0 Å². The molecule has 9 heteroatoms. The third-order valence-electron chi connectivity index (χ3n) is 7.56. The number of nitrogens with zero attached hydrogens (tertiary/aromatic N) is 4. The smallest absolute Gasteiger partial charge is 0.253 e. The number of hydrogen-bond acceptors (Lipinski definition) is 7. The Morgan fingerprint density at radius 3 is 2.60 bits per heavy atom. The zero-order valence-corrected chi connectivity index (χ0v) is 22.5. The lowest BCUT2D eigenvalue weighted by Crippen LogP contribution is -2.49. The number of aromatic nitrogens is 2. The molecule has 2 aliphatic heterocycles. The molecule has 1 N–H and O–H groups in total. The van der Waals surface area contributed by atoms with E-state index >= 15 is 0 Å². The molecule has 0 atom stereocenters. The SMILES string of the molecule is COCCN1CCN(C(=O)c2ccc(-c3ccnc4c3c(C=C3Oc5cccc(O)c5C3=O)cn4C)cc2)CC1. The van der Waals surface area contributed by atoms with Crippen LogP contribution in [0.3, 0.4) is 0 Å². The van der Waals surface area contributed by atoms with Crippen molar-refractivity contribution in [3.05, 3.63) is 83.4 Å². The summed E-state index contributed by atoms with van der Waals surface area (Å²) in [5.41, 5.74) is 4.19. The minimum atomic E-state index is -0.363. The van der Waals surface area contributed by atoms with Gasteiger partial charge in [-0.15, -0.1) is 0 Å². The van der Waals surface area contributed by atoms with Gasteiger partial charge in [0, 0.05) is 75.8 Å². The Kier molecular flexibility index (Phi) is 6.83. The molecule has 1 amide bonds. The number of aryl methyl sites for hydroxylation is 1. The molecule has 0 aliphatic carbocycles. The first-order valence-corrected chi connectivity index (χ1v) is 13.3. The summed E-state index contributed by atoms with van der Waals surface area (Å²) < 4.78 is 12.9. The quantitative estimate of drug-likeness (QED) is 0.371. The van der Waals surface area contributed by atoms with Gasteiger partial charge < -0.3 is 24.0 Å². The van der Waals surface area contributed by atoms with Crippen molar-refractivity contribution < 1.29 is 24.2 Å². The molecule has 40 heavy (non-hydrogen) atoms. The highest BCUT2D eigenvalue weighted by molar-refractivity contribution is 6.17. The van der Waals surface area contributed by atoms with Crippen LogP contribution in [0.25, 0.3) is 28.2 Å². The average Bonchev–Trinajstić information content (AvgIpc) is 3.48. The Morgan fingerprint density at radius 1 is 1.10 bits per heavy atom. The van der Waals surface area contributed by atoms with Crippen LogP contribution in [0.4, 0.5) is 0 Å². The largest absolute Gasteiger partial charge is 0.507 e. The Hall–Kier alpha value is -4.47. The Balaban J connectivity index is 1.27. The standard InChI is InChI=1S/C31H30N4O5/c1-33-19-22(18-26-29(37)28-24(36)4-3-5-25(28)40-26)27-23(10-11-32-30(27)33)20-6-8-21(9-7-20)31(38)35-14-12-34(13-15-35)16-17-39-2/h3-11,18-19,36H,12-17H2,1-2H3. The van der Waals surface area contributed by atoms with Gasteiger partial charge in [0.15, 0.2) is 5.76 Å².